The maximum Gasteiger partial charge on any atom is 0.131 e. The van der Waals surface area contributed by atoms with E-state index in [0.717, 1.165) is 17.4 Å². The maximum absolute atomic E-state index is 13.9. The minimum atomic E-state index is -0.198. The van der Waals surface area contributed by atoms with Gasteiger partial charge in [0.25, 0.3) is 0 Å². The van der Waals surface area contributed by atoms with E-state index in [0.29, 0.717) is 5.39 Å². The summed E-state index contributed by atoms with van der Waals surface area (Å²) in [6.07, 6.45) is 0.743. The van der Waals surface area contributed by atoms with Gasteiger partial charge in [-0.2, -0.15) is 0 Å². The molecule has 0 bridgehead atoms. The molecule has 1 unspecified atom stereocenters. The number of hydrogen-bond acceptors (Lipinski definition) is 1. The molecule has 0 amide bonds. The Labute approximate surface area is 137 Å². The van der Waals surface area contributed by atoms with E-state index < -0.39 is 0 Å². The number of fused-ring (bicyclic) bond motifs is 1. The van der Waals surface area contributed by atoms with E-state index in [1.807, 2.05) is 18.2 Å². The predicted molar refractivity (Wildman–Crippen MR) is 93.7 cm³/mol. The highest BCUT2D eigenvalue weighted by molar-refractivity contribution is 14.1. The molecule has 3 heteroatoms. The van der Waals surface area contributed by atoms with Crippen LogP contribution in [-0.4, -0.2) is 0 Å². The molecular weight excluding hydrogens is 376 g/mol. The topological polar surface area (TPSA) is 26.0 Å². The minimum Gasteiger partial charge on any atom is -0.324 e. The molecule has 0 aliphatic heterocycles. The highest BCUT2D eigenvalue weighted by atomic mass is 127. The summed E-state index contributed by atoms with van der Waals surface area (Å²) in [5.41, 5.74) is 8.54. The lowest BCUT2D eigenvalue weighted by molar-refractivity contribution is 0.637. The molecule has 3 aromatic carbocycles. The van der Waals surface area contributed by atoms with Crippen molar-refractivity contribution in [3.63, 3.8) is 0 Å². The summed E-state index contributed by atoms with van der Waals surface area (Å²) in [4.78, 5) is 0. The van der Waals surface area contributed by atoms with Crippen LogP contribution in [0.5, 0.6) is 0 Å². The average Bonchev–Trinajstić information content (AvgIpc) is 2.50. The summed E-state index contributed by atoms with van der Waals surface area (Å²) in [5, 5.41) is 1.53. The number of hydrogen-bond donors (Lipinski definition) is 1. The second kappa shape index (κ2) is 6.12. The standard InChI is InChI=1S/C18H15FIN/c19-17-10-9-16(14-3-1-2-4-15(14)17)18(21)11-12-5-7-13(20)8-6-12/h1-10,18H,11,21H2. The summed E-state index contributed by atoms with van der Waals surface area (Å²) in [5.74, 6) is -0.198. The fourth-order valence-electron chi connectivity index (χ4n) is 2.59. The molecule has 1 nitrogen and oxygen atoms in total. The van der Waals surface area contributed by atoms with E-state index >= 15 is 0 Å². The second-order valence-corrected chi connectivity index (χ2v) is 6.36. The van der Waals surface area contributed by atoms with E-state index in [9.17, 15) is 4.39 Å². The third kappa shape index (κ3) is 3.09. The molecule has 3 aromatic rings. The van der Waals surface area contributed by atoms with Gasteiger partial charge >= 0.3 is 0 Å². The van der Waals surface area contributed by atoms with Crippen molar-refractivity contribution in [1.82, 2.24) is 0 Å². The lowest BCUT2D eigenvalue weighted by Crippen LogP contribution is -2.14. The Hall–Kier alpha value is -1.46. The van der Waals surface area contributed by atoms with Gasteiger partial charge in [-0.15, -0.1) is 0 Å². The van der Waals surface area contributed by atoms with Gasteiger partial charge in [-0.25, -0.2) is 4.39 Å². The SMILES string of the molecule is NC(Cc1ccc(I)cc1)c1ccc(F)c2ccccc12. The fourth-order valence-corrected chi connectivity index (χ4v) is 2.95. The molecule has 0 saturated heterocycles. The summed E-state index contributed by atoms with van der Waals surface area (Å²) in [6.45, 7) is 0. The van der Waals surface area contributed by atoms with Gasteiger partial charge in [0.2, 0.25) is 0 Å². The molecule has 0 heterocycles. The van der Waals surface area contributed by atoms with Crippen LogP contribution < -0.4 is 5.73 Å². The normalized spacial score (nSPS) is 12.5. The van der Waals surface area contributed by atoms with Gasteiger partial charge in [0, 0.05) is 15.0 Å². The Balaban J connectivity index is 1.96. The van der Waals surface area contributed by atoms with Gasteiger partial charge in [0.05, 0.1) is 0 Å². The zero-order valence-electron chi connectivity index (χ0n) is 11.4. The molecule has 2 N–H and O–H groups in total. The van der Waals surface area contributed by atoms with Gasteiger partial charge in [-0.05, 0) is 63.7 Å². The smallest absolute Gasteiger partial charge is 0.131 e. The first-order valence-electron chi connectivity index (χ1n) is 6.82. The van der Waals surface area contributed by atoms with Crippen LogP contribution in [-0.2, 0) is 6.42 Å². The van der Waals surface area contributed by atoms with Crippen molar-refractivity contribution in [2.75, 3.05) is 0 Å². The Kier molecular flexibility index (Phi) is 4.22. The number of benzene rings is 3. The fraction of sp³-hybridized carbons (Fsp3) is 0.111. The monoisotopic (exact) mass is 391 g/mol. The van der Waals surface area contributed by atoms with Gasteiger partial charge in [0.1, 0.15) is 5.82 Å². The van der Waals surface area contributed by atoms with Crippen molar-refractivity contribution in [2.45, 2.75) is 12.5 Å². The molecule has 3 rings (SSSR count). The molecular formula is C18H15FIN. The highest BCUT2D eigenvalue weighted by Crippen LogP contribution is 2.27. The molecule has 106 valence electrons. The largest absolute Gasteiger partial charge is 0.324 e. The molecule has 0 radical (unpaired) electrons. The van der Waals surface area contributed by atoms with Gasteiger partial charge < -0.3 is 5.73 Å². The van der Waals surface area contributed by atoms with Gasteiger partial charge in [-0.1, -0.05) is 42.5 Å². The first-order chi connectivity index (χ1) is 10.1. The summed E-state index contributed by atoms with van der Waals surface area (Å²) in [6, 6.07) is 19.0. The lowest BCUT2D eigenvalue weighted by Gasteiger charge is -2.15. The molecule has 0 aliphatic rings. The zero-order chi connectivity index (χ0) is 14.8. The zero-order valence-corrected chi connectivity index (χ0v) is 13.5. The lowest BCUT2D eigenvalue weighted by atomic mass is 9.94. The number of halogens is 2. The average molecular weight is 391 g/mol. The minimum absolute atomic E-state index is 0.143. The van der Waals surface area contributed by atoms with E-state index in [1.54, 1.807) is 12.1 Å². The first-order valence-corrected chi connectivity index (χ1v) is 7.90. The summed E-state index contributed by atoms with van der Waals surface area (Å²) >= 11 is 2.28. The van der Waals surface area contributed by atoms with Gasteiger partial charge in [0.15, 0.2) is 0 Å². The molecule has 0 fully saturated rings. The van der Waals surface area contributed by atoms with Crippen LogP contribution in [0.4, 0.5) is 4.39 Å². The van der Waals surface area contributed by atoms with Crippen LogP contribution >= 0.6 is 22.6 Å². The predicted octanol–water partition coefficient (Wildman–Crippen LogP) is 4.83. The van der Waals surface area contributed by atoms with Crippen molar-refractivity contribution in [3.05, 3.63) is 81.2 Å². The van der Waals surface area contributed by atoms with E-state index in [2.05, 4.69) is 46.9 Å². The van der Waals surface area contributed by atoms with E-state index in [1.165, 1.54) is 15.2 Å². The van der Waals surface area contributed by atoms with Crippen LogP contribution in [0.25, 0.3) is 10.8 Å². The molecule has 1 atom stereocenters. The maximum atomic E-state index is 13.9. The Morgan fingerprint density at radius 3 is 2.29 bits per heavy atom. The molecule has 0 saturated carbocycles. The second-order valence-electron chi connectivity index (χ2n) is 5.12. The quantitative estimate of drug-likeness (QED) is 0.637. The Morgan fingerprint density at radius 1 is 0.905 bits per heavy atom. The first kappa shape index (κ1) is 14.5. The molecule has 0 spiro atoms. The summed E-state index contributed by atoms with van der Waals surface area (Å²) in [7, 11) is 0. The Morgan fingerprint density at radius 2 is 1.57 bits per heavy atom. The third-order valence-corrected chi connectivity index (χ3v) is 4.39. The van der Waals surface area contributed by atoms with Crippen molar-refractivity contribution in [2.24, 2.45) is 5.73 Å². The number of nitrogens with two attached hydrogens (primary N) is 1. The van der Waals surface area contributed by atoms with Crippen LogP contribution in [0.3, 0.4) is 0 Å². The number of rotatable bonds is 3. The van der Waals surface area contributed by atoms with Crippen LogP contribution in [0.2, 0.25) is 0 Å². The third-order valence-electron chi connectivity index (χ3n) is 3.67. The summed E-state index contributed by atoms with van der Waals surface area (Å²) < 4.78 is 15.1. The molecule has 0 aromatic heterocycles. The Bertz CT molecular complexity index is 768. The van der Waals surface area contributed by atoms with Gasteiger partial charge in [-0.3, -0.25) is 0 Å². The molecule has 21 heavy (non-hydrogen) atoms. The van der Waals surface area contributed by atoms with Crippen molar-refractivity contribution >= 4 is 33.4 Å². The van der Waals surface area contributed by atoms with Crippen molar-refractivity contribution < 1.29 is 4.39 Å². The van der Waals surface area contributed by atoms with Crippen LogP contribution in [0, 0.1) is 9.39 Å². The van der Waals surface area contributed by atoms with E-state index in [-0.39, 0.29) is 11.9 Å². The van der Waals surface area contributed by atoms with E-state index in [4.69, 9.17) is 5.73 Å². The van der Waals surface area contributed by atoms with Crippen LogP contribution in [0.1, 0.15) is 17.2 Å². The van der Waals surface area contributed by atoms with Crippen LogP contribution in [0.15, 0.2) is 60.7 Å². The van der Waals surface area contributed by atoms with Crippen molar-refractivity contribution in [3.8, 4) is 0 Å². The van der Waals surface area contributed by atoms with Crippen molar-refractivity contribution in [1.29, 1.82) is 0 Å². The molecule has 0 aliphatic carbocycles. The highest BCUT2D eigenvalue weighted by Gasteiger charge is 2.12.